The molecule has 12 nitrogen and oxygen atoms in total. The maximum Gasteiger partial charge on any atom is 0.419 e. The van der Waals surface area contributed by atoms with Crippen LogP contribution in [0.2, 0.25) is 0 Å². The molecular formula is C28H32N4O8S. The Bertz CT molecular complexity index is 1680. The van der Waals surface area contributed by atoms with Gasteiger partial charge in [0.1, 0.15) is 5.60 Å². The van der Waals surface area contributed by atoms with Crippen LogP contribution in [-0.4, -0.2) is 80.9 Å². The minimum absolute atomic E-state index is 0.000766. The molecule has 218 valence electrons. The average molecular weight is 585 g/mol. The third-order valence-corrected chi connectivity index (χ3v) is 7.23. The lowest BCUT2D eigenvalue weighted by Gasteiger charge is -2.27. The molecule has 3 heterocycles. The molecule has 41 heavy (non-hydrogen) atoms. The summed E-state index contributed by atoms with van der Waals surface area (Å²) in [7, 11) is -2.60. The molecule has 0 bridgehead atoms. The van der Waals surface area contributed by atoms with Gasteiger partial charge in [-0.25, -0.2) is 9.36 Å². The summed E-state index contributed by atoms with van der Waals surface area (Å²) >= 11 is 0. The Morgan fingerprint density at radius 3 is 2.39 bits per heavy atom. The van der Waals surface area contributed by atoms with Crippen molar-refractivity contribution in [1.29, 1.82) is 0 Å². The number of carbonyl (C=O) groups is 3. The maximum absolute atomic E-state index is 13.6. The second-order valence-electron chi connectivity index (χ2n) is 10.9. The molecule has 2 amide bonds. The fourth-order valence-electron chi connectivity index (χ4n) is 5.08. The Morgan fingerprint density at radius 2 is 1.76 bits per heavy atom. The summed E-state index contributed by atoms with van der Waals surface area (Å²) < 4.78 is 41.8. The van der Waals surface area contributed by atoms with Crippen LogP contribution in [0.25, 0.3) is 22.2 Å². The van der Waals surface area contributed by atoms with Gasteiger partial charge in [-0.05, 0) is 51.1 Å². The first kappa shape index (κ1) is 28.4. The van der Waals surface area contributed by atoms with Crippen molar-refractivity contribution < 1.29 is 36.5 Å². The number of hydrogen-bond acceptors (Lipinski definition) is 9. The molecule has 2 aromatic carbocycles. The van der Waals surface area contributed by atoms with E-state index in [-0.39, 0.29) is 35.1 Å². The van der Waals surface area contributed by atoms with E-state index in [2.05, 4.69) is 10.6 Å². The number of methoxy groups -OCH3 is 1. The SMILES string of the molecule is COc1cc(-c2cc3cc(C(=O)N4CCNCC4)ccc3n2C(=O)OC(C)(C)C)c2c(c1OS(C)(=O)=O)CNC2=O. The van der Waals surface area contributed by atoms with Gasteiger partial charge in [0.2, 0.25) is 0 Å². The van der Waals surface area contributed by atoms with Crippen LogP contribution in [0.3, 0.4) is 0 Å². The summed E-state index contributed by atoms with van der Waals surface area (Å²) in [6.07, 6.45) is 0.211. The molecule has 0 saturated carbocycles. The van der Waals surface area contributed by atoms with Gasteiger partial charge in [0.05, 0.1) is 30.1 Å². The number of fused-ring (bicyclic) bond motifs is 2. The Morgan fingerprint density at radius 1 is 1.05 bits per heavy atom. The van der Waals surface area contributed by atoms with Gasteiger partial charge in [-0.15, -0.1) is 0 Å². The van der Waals surface area contributed by atoms with E-state index in [1.165, 1.54) is 17.7 Å². The Hall–Kier alpha value is -4.10. The summed E-state index contributed by atoms with van der Waals surface area (Å²) in [5.41, 5.74) is 1.15. The molecule has 0 aliphatic carbocycles. The molecule has 2 aliphatic heterocycles. The van der Waals surface area contributed by atoms with Crippen molar-refractivity contribution in [3.63, 3.8) is 0 Å². The Balaban J connectivity index is 1.73. The Kier molecular flexibility index (Phi) is 7.20. The first-order chi connectivity index (χ1) is 19.3. The number of piperazine rings is 1. The van der Waals surface area contributed by atoms with Crippen LogP contribution in [0.5, 0.6) is 11.5 Å². The molecule has 2 aliphatic rings. The van der Waals surface area contributed by atoms with Crippen molar-refractivity contribution in [3.8, 4) is 22.8 Å². The lowest BCUT2D eigenvalue weighted by Crippen LogP contribution is -2.46. The molecule has 0 spiro atoms. The maximum atomic E-state index is 13.6. The third kappa shape index (κ3) is 5.59. The van der Waals surface area contributed by atoms with E-state index in [1.807, 2.05) is 0 Å². The minimum Gasteiger partial charge on any atom is -0.493 e. The van der Waals surface area contributed by atoms with E-state index in [4.69, 9.17) is 13.7 Å². The number of nitrogens with zero attached hydrogens (tertiary/aromatic N) is 2. The van der Waals surface area contributed by atoms with Crippen molar-refractivity contribution >= 4 is 38.9 Å². The highest BCUT2D eigenvalue weighted by Gasteiger charge is 2.34. The average Bonchev–Trinajstić information content (AvgIpc) is 3.48. The second-order valence-corrected chi connectivity index (χ2v) is 12.5. The van der Waals surface area contributed by atoms with E-state index >= 15 is 0 Å². The molecule has 0 atom stereocenters. The molecule has 13 heteroatoms. The van der Waals surface area contributed by atoms with Crippen molar-refractivity contribution in [2.75, 3.05) is 39.5 Å². The van der Waals surface area contributed by atoms with E-state index in [1.54, 1.807) is 49.9 Å². The molecule has 1 saturated heterocycles. The zero-order valence-corrected chi connectivity index (χ0v) is 24.3. The lowest BCUT2D eigenvalue weighted by atomic mass is 9.98. The van der Waals surface area contributed by atoms with E-state index in [0.717, 1.165) is 6.26 Å². The highest BCUT2D eigenvalue weighted by Crippen LogP contribution is 2.44. The van der Waals surface area contributed by atoms with Gasteiger partial charge in [-0.2, -0.15) is 8.42 Å². The van der Waals surface area contributed by atoms with Crippen molar-refractivity contribution in [1.82, 2.24) is 20.1 Å². The predicted octanol–water partition coefficient (Wildman–Crippen LogP) is 2.73. The first-order valence-electron chi connectivity index (χ1n) is 13.1. The summed E-state index contributed by atoms with van der Waals surface area (Å²) in [5, 5.41) is 6.51. The zero-order chi connectivity index (χ0) is 29.7. The number of hydrogen-bond donors (Lipinski definition) is 2. The summed E-state index contributed by atoms with van der Waals surface area (Å²) in [6.45, 7) is 7.82. The van der Waals surface area contributed by atoms with E-state index < -0.39 is 27.7 Å². The molecule has 1 fully saturated rings. The van der Waals surface area contributed by atoms with Gasteiger partial charge >= 0.3 is 16.2 Å². The quantitative estimate of drug-likeness (QED) is 0.433. The van der Waals surface area contributed by atoms with Gasteiger partial charge in [0.15, 0.2) is 11.5 Å². The molecule has 3 aromatic rings. The van der Waals surface area contributed by atoms with Crippen LogP contribution >= 0.6 is 0 Å². The molecule has 5 rings (SSSR count). The molecule has 1 aromatic heterocycles. The van der Waals surface area contributed by atoms with Gasteiger partial charge in [0, 0.05) is 54.8 Å². The fourth-order valence-corrected chi connectivity index (χ4v) is 5.56. The standard InChI is InChI=1S/C28H32N4O8S/c1-28(2,3)39-27(35)32-20-7-6-16(26(34)31-10-8-29-9-11-31)12-17(20)13-21(32)18-14-22(38-4)24(40-41(5,36)37)19-15-30-25(33)23(18)19/h6-7,12-14,29H,8-11,15H2,1-5H3,(H,30,33). The molecule has 2 N–H and O–H groups in total. The summed E-state index contributed by atoms with van der Waals surface area (Å²) in [6, 6.07) is 8.22. The number of nitrogens with one attached hydrogen (secondary N) is 2. The highest BCUT2D eigenvalue weighted by atomic mass is 32.2. The largest absolute Gasteiger partial charge is 0.493 e. The number of aromatic nitrogens is 1. The van der Waals surface area contributed by atoms with Gasteiger partial charge in [-0.3, -0.25) is 9.59 Å². The van der Waals surface area contributed by atoms with Crippen LogP contribution in [0, 0.1) is 0 Å². The van der Waals surface area contributed by atoms with Gasteiger partial charge in [0.25, 0.3) is 11.8 Å². The number of ether oxygens (including phenoxy) is 2. The summed E-state index contributed by atoms with van der Waals surface area (Å²) in [4.78, 5) is 41.7. The highest BCUT2D eigenvalue weighted by molar-refractivity contribution is 7.86. The fraction of sp³-hybridized carbons (Fsp3) is 0.393. The minimum atomic E-state index is -3.95. The third-order valence-electron chi connectivity index (χ3n) is 6.76. The molecule has 0 unspecified atom stereocenters. The number of rotatable bonds is 5. The number of benzene rings is 2. The topological polar surface area (TPSA) is 145 Å². The molecular weight excluding hydrogens is 552 g/mol. The van der Waals surface area contributed by atoms with Crippen LogP contribution in [0.15, 0.2) is 30.3 Å². The number of carbonyl (C=O) groups excluding carboxylic acids is 3. The smallest absolute Gasteiger partial charge is 0.419 e. The lowest BCUT2D eigenvalue weighted by molar-refractivity contribution is 0.0546. The number of amides is 2. The zero-order valence-electron chi connectivity index (χ0n) is 23.5. The van der Waals surface area contributed by atoms with Gasteiger partial charge in [-0.1, -0.05) is 0 Å². The second kappa shape index (κ2) is 10.4. The monoisotopic (exact) mass is 584 g/mol. The van der Waals surface area contributed by atoms with E-state index in [0.29, 0.717) is 53.9 Å². The van der Waals surface area contributed by atoms with Crippen LogP contribution in [-0.2, 0) is 21.4 Å². The van der Waals surface area contributed by atoms with Gasteiger partial charge < -0.3 is 29.2 Å². The van der Waals surface area contributed by atoms with Crippen molar-refractivity contribution in [3.05, 3.63) is 47.0 Å². The molecule has 0 radical (unpaired) electrons. The van der Waals surface area contributed by atoms with Crippen molar-refractivity contribution in [2.45, 2.75) is 32.9 Å². The first-order valence-corrected chi connectivity index (χ1v) is 14.9. The van der Waals surface area contributed by atoms with Crippen LogP contribution in [0.1, 0.15) is 47.1 Å². The van der Waals surface area contributed by atoms with E-state index in [9.17, 15) is 22.8 Å². The van der Waals surface area contributed by atoms with Crippen molar-refractivity contribution in [2.24, 2.45) is 0 Å². The van der Waals surface area contributed by atoms with Crippen LogP contribution in [0.4, 0.5) is 4.79 Å². The predicted molar refractivity (Wildman–Crippen MR) is 151 cm³/mol. The summed E-state index contributed by atoms with van der Waals surface area (Å²) in [5.74, 6) is -0.622. The van der Waals surface area contributed by atoms with Crippen LogP contribution < -0.4 is 19.6 Å². The Labute approximate surface area is 237 Å². The normalized spacial score (nSPS) is 15.4.